The fraction of sp³-hybridized carbons (Fsp3) is 0. The highest BCUT2D eigenvalue weighted by Gasteiger charge is 2.18. The molecule has 1 nitrogen and oxygen atoms in total. The van der Waals surface area contributed by atoms with Crippen molar-refractivity contribution in [3.63, 3.8) is 0 Å². The second kappa shape index (κ2) is 11.1. The average molecular weight is 636 g/mol. The third kappa shape index (κ3) is 4.55. The van der Waals surface area contributed by atoms with E-state index in [4.69, 9.17) is 12.6 Å². The molecule has 0 radical (unpaired) electrons. The van der Waals surface area contributed by atoms with Crippen LogP contribution in [0.5, 0.6) is 0 Å². The van der Waals surface area contributed by atoms with E-state index in [-0.39, 0.29) is 85.7 Å². The summed E-state index contributed by atoms with van der Waals surface area (Å²) in [6, 6.07) is 26.2. The van der Waals surface area contributed by atoms with Gasteiger partial charge in [0.05, 0.1) is 17.8 Å². The molecule has 1 aromatic heterocycles. The maximum Gasteiger partial charge on any atom is 0.136 e. The van der Waals surface area contributed by atoms with E-state index in [2.05, 4.69) is 0 Å². The monoisotopic (exact) mass is 635 g/mol. The summed E-state index contributed by atoms with van der Waals surface area (Å²) < 4.78 is 124. The molecule has 9 aromatic carbocycles. The molecule has 0 aliphatic carbocycles. The third-order valence-electron chi connectivity index (χ3n) is 8.97. The van der Waals surface area contributed by atoms with E-state index in [1.807, 2.05) is 42.5 Å². The maximum atomic E-state index is 9.62. The molecule has 49 heavy (non-hydrogen) atoms. The van der Waals surface area contributed by atoms with E-state index in [1.54, 1.807) is 60.7 Å². The lowest BCUT2D eigenvalue weighted by Gasteiger charge is -2.18. The van der Waals surface area contributed by atoms with Gasteiger partial charge in [-0.2, -0.15) is 0 Å². The van der Waals surface area contributed by atoms with E-state index >= 15 is 0 Å². The molecular formula is C48H30O. The lowest BCUT2D eigenvalue weighted by atomic mass is 9.85. The van der Waals surface area contributed by atoms with Crippen molar-refractivity contribution in [2.75, 3.05) is 0 Å². The Kier molecular flexibility index (Phi) is 3.99. The molecule has 1 heterocycles. The first-order valence-corrected chi connectivity index (χ1v) is 15.8. The van der Waals surface area contributed by atoms with Gasteiger partial charge in [-0.15, -0.1) is 0 Å². The van der Waals surface area contributed by atoms with Gasteiger partial charge >= 0.3 is 0 Å². The molecule has 228 valence electrons. The Hall–Kier alpha value is -6.44. The van der Waals surface area contributed by atoms with E-state index in [0.29, 0.717) is 38.2 Å². The van der Waals surface area contributed by atoms with E-state index < -0.39 is 42.3 Å². The van der Waals surface area contributed by atoms with Gasteiger partial charge in [0.2, 0.25) is 0 Å². The van der Waals surface area contributed by atoms with Crippen molar-refractivity contribution in [2.24, 2.45) is 0 Å². The van der Waals surface area contributed by atoms with E-state index in [0.717, 1.165) is 11.1 Å². The molecule has 0 aliphatic heterocycles. The summed E-state index contributed by atoms with van der Waals surface area (Å²) >= 11 is 0. The minimum absolute atomic E-state index is 0.00113. The number of hydrogen-bond acceptors (Lipinski definition) is 1. The van der Waals surface area contributed by atoms with Crippen molar-refractivity contribution in [1.82, 2.24) is 0 Å². The number of benzene rings is 9. The Morgan fingerprint density at radius 2 is 0.796 bits per heavy atom. The topological polar surface area (TPSA) is 13.1 Å². The van der Waals surface area contributed by atoms with Crippen molar-refractivity contribution in [3.05, 3.63) is 182 Å². The number of hydrogen-bond donors (Lipinski definition) is 0. The van der Waals surface area contributed by atoms with Crippen LogP contribution in [-0.4, -0.2) is 0 Å². The predicted octanol–water partition coefficient (Wildman–Crippen LogP) is 13.7. The van der Waals surface area contributed by atoms with Gasteiger partial charge in [-0.05, 0) is 101 Å². The predicted molar refractivity (Wildman–Crippen MR) is 208 cm³/mol. The Morgan fingerprint density at radius 1 is 0.327 bits per heavy atom. The standard InChI is InChI=1S/C48H30O/c1-2-10-31(11-3-1)32-18-20-33(21-19-32)34-22-24-35(25-23-34)47-40-14-6-8-16-42(40)48(43-17-9-7-15-41(43)47)38-26-27-39-44-28-36-12-4-5-13-37(36)29-46(44)49-45(39)30-38/h1-30H/i4D,5D,12D,13D,22D,23D,24D,25D,26D,27D,28D,29D,30D. The molecule has 0 fully saturated rings. The van der Waals surface area contributed by atoms with Gasteiger partial charge in [0, 0.05) is 10.8 Å². The van der Waals surface area contributed by atoms with Crippen LogP contribution in [0, 0.1) is 0 Å². The smallest absolute Gasteiger partial charge is 0.136 e. The first-order valence-electron chi connectivity index (χ1n) is 22.3. The van der Waals surface area contributed by atoms with Crippen molar-refractivity contribution >= 4 is 54.3 Å². The van der Waals surface area contributed by atoms with Gasteiger partial charge in [-0.1, -0.05) is 158 Å². The van der Waals surface area contributed by atoms with Gasteiger partial charge in [0.25, 0.3) is 0 Å². The fourth-order valence-electron chi connectivity index (χ4n) is 6.69. The molecule has 1 heteroatoms. The first-order chi connectivity index (χ1) is 29.7. The number of fused-ring (bicyclic) bond motifs is 6. The number of furan rings is 1. The van der Waals surface area contributed by atoms with Crippen molar-refractivity contribution in [1.29, 1.82) is 0 Å². The van der Waals surface area contributed by atoms with Crippen LogP contribution in [0.15, 0.2) is 186 Å². The lowest BCUT2D eigenvalue weighted by Crippen LogP contribution is -1.91. The van der Waals surface area contributed by atoms with Crippen LogP contribution in [-0.2, 0) is 0 Å². The zero-order valence-corrected chi connectivity index (χ0v) is 25.7. The highest BCUT2D eigenvalue weighted by molar-refractivity contribution is 6.22. The maximum absolute atomic E-state index is 9.62. The van der Waals surface area contributed by atoms with Gasteiger partial charge in [0.1, 0.15) is 11.2 Å². The summed E-state index contributed by atoms with van der Waals surface area (Å²) in [5.74, 6) is 0. The second-order valence-corrected chi connectivity index (χ2v) is 11.8. The van der Waals surface area contributed by atoms with E-state index in [1.165, 1.54) is 0 Å². The molecule has 0 amide bonds. The largest absolute Gasteiger partial charge is 0.456 e. The molecule has 0 aliphatic rings. The lowest BCUT2D eigenvalue weighted by molar-refractivity contribution is 0.669. The quantitative estimate of drug-likeness (QED) is 0.175. The van der Waals surface area contributed by atoms with Gasteiger partial charge < -0.3 is 4.42 Å². The summed E-state index contributed by atoms with van der Waals surface area (Å²) in [6.07, 6.45) is 0. The van der Waals surface area contributed by atoms with Crippen LogP contribution in [0.3, 0.4) is 0 Å². The number of rotatable bonds is 4. The molecule has 0 N–H and O–H groups in total. The summed E-state index contributed by atoms with van der Waals surface area (Å²) in [4.78, 5) is 0. The summed E-state index contributed by atoms with van der Waals surface area (Å²) in [6.45, 7) is 0. The van der Waals surface area contributed by atoms with E-state index in [9.17, 15) is 9.60 Å². The van der Waals surface area contributed by atoms with Crippen LogP contribution in [0.25, 0.3) is 98.8 Å². The minimum atomic E-state index is -0.585. The first kappa shape index (κ1) is 17.6. The molecule has 10 aromatic rings. The SMILES string of the molecule is [2H]c1c([2H])c(-c2c3ccccc3c(-c3c([2H])c([2H])c4c(oc5c([2H])c6c([2H])c([2H])c([2H])c([2H])c6c([2H])c54)c3[2H])c3ccccc23)c([2H])c([2H])c1-c1ccc(-c2ccccc2)cc1. The van der Waals surface area contributed by atoms with Crippen molar-refractivity contribution in [3.8, 4) is 44.5 Å². The fourth-order valence-corrected chi connectivity index (χ4v) is 6.69. The summed E-state index contributed by atoms with van der Waals surface area (Å²) in [5, 5.41) is 1.34. The molecule has 10 rings (SSSR count). The Morgan fingerprint density at radius 3 is 1.43 bits per heavy atom. The molecule has 0 saturated heterocycles. The molecular weight excluding hydrogens is 593 g/mol. The van der Waals surface area contributed by atoms with Crippen molar-refractivity contribution in [2.45, 2.75) is 0 Å². The zero-order chi connectivity index (χ0) is 43.6. The molecule has 0 unspecified atom stereocenters. The highest BCUT2D eigenvalue weighted by atomic mass is 16.3. The van der Waals surface area contributed by atoms with Crippen molar-refractivity contribution < 1.29 is 22.2 Å². The van der Waals surface area contributed by atoms with Crippen LogP contribution in [0.1, 0.15) is 17.8 Å². The Bertz CT molecular complexity index is 3510. The minimum Gasteiger partial charge on any atom is -0.456 e. The normalized spacial score (nSPS) is 15.4. The summed E-state index contributed by atoms with van der Waals surface area (Å²) in [7, 11) is 0. The average Bonchev–Trinajstić information content (AvgIpc) is 3.71. The van der Waals surface area contributed by atoms with Crippen LogP contribution >= 0.6 is 0 Å². The van der Waals surface area contributed by atoms with Crippen LogP contribution in [0.4, 0.5) is 0 Å². The zero-order valence-electron chi connectivity index (χ0n) is 38.7. The molecule has 0 spiro atoms. The van der Waals surface area contributed by atoms with Gasteiger partial charge in [-0.25, -0.2) is 0 Å². The van der Waals surface area contributed by atoms with Crippen LogP contribution < -0.4 is 0 Å². The second-order valence-electron chi connectivity index (χ2n) is 11.8. The summed E-state index contributed by atoms with van der Waals surface area (Å²) in [5.41, 5.74) is 3.05. The van der Waals surface area contributed by atoms with Gasteiger partial charge in [0.15, 0.2) is 0 Å². The molecule has 0 bridgehead atoms. The third-order valence-corrected chi connectivity index (χ3v) is 8.97. The molecule has 0 atom stereocenters. The Balaban J connectivity index is 1.24. The van der Waals surface area contributed by atoms with Crippen LogP contribution in [0.2, 0.25) is 0 Å². The van der Waals surface area contributed by atoms with Gasteiger partial charge in [-0.3, -0.25) is 0 Å². The highest BCUT2D eigenvalue weighted by Crippen LogP contribution is 2.45. The Labute approximate surface area is 302 Å². The molecule has 0 saturated carbocycles.